The number of fused-ring (bicyclic) bond motifs is 1. The standard InChI is InChI=1S/C23H27N5O2S/c1-4-8-19-25-26-23-28(19)27-20(16-11-13-17(30-3)14-12-16)21(31-23)22(29)24-18-10-7-6-9-15(18)5-2/h6-7,9-14,20-21,27H,4-5,8H2,1-3H3,(H,24,29)/t20-,21-/m0/s1. The maximum absolute atomic E-state index is 13.4. The third-order valence-electron chi connectivity index (χ3n) is 5.37. The van der Waals surface area contributed by atoms with E-state index >= 15 is 0 Å². The van der Waals surface area contributed by atoms with Gasteiger partial charge in [-0.1, -0.05) is 55.9 Å². The maximum Gasteiger partial charge on any atom is 0.240 e. The molecule has 1 aromatic heterocycles. The lowest BCUT2D eigenvalue weighted by atomic mass is 10.0. The highest BCUT2D eigenvalue weighted by Crippen LogP contribution is 2.38. The van der Waals surface area contributed by atoms with Crippen LogP contribution in [0, 0.1) is 0 Å². The average molecular weight is 438 g/mol. The number of carbonyl (C=O) groups excluding carboxylic acids is 1. The van der Waals surface area contributed by atoms with Gasteiger partial charge in [-0.05, 0) is 42.2 Å². The van der Waals surface area contributed by atoms with E-state index in [1.807, 2.05) is 53.2 Å². The van der Waals surface area contributed by atoms with Gasteiger partial charge in [0, 0.05) is 12.1 Å². The van der Waals surface area contributed by atoms with E-state index in [1.165, 1.54) is 11.8 Å². The molecule has 0 spiro atoms. The smallest absolute Gasteiger partial charge is 0.240 e. The second kappa shape index (κ2) is 9.43. The van der Waals surface area contributed by atoms with Crippen molar-refractivity contribution in [1.29, 1.82) is 0 Å². The molecule has 0 radical (unpaired) electrons. The number of methoxy groups -OCH3 is 1. The summed E-state index contributed by atoms with van der Waals surface area (Å²) >= 11 is 1.44. The number of hydrogen-bond acceptors (Lipinski definition) is 6. The van der Waals surface area contributed by atoms with Gasteiger partial charge in [-0.25, -0.2) is 4.68 Å². The molecule has 1 amide bonds. The summed E-state index contributed by atoms with van der Waals surface area (Å²) in [4.78, 5) is 13.4. The largest absolute Gasteiger partial charge is 0.497 e. The predicted octanol–water partition coefficient (Wildman–Crippen LogP) is 4.20. The number of nitrogens with zero attached hydrogens (tertiary/aromatic N) is 3. The van der Waals surface area contributed by atoms with Crippen LogP contribution in [-0.2, 0) is 17.6 Å². The summed E-state index contributed by atoms with van der Waals surface area (Å²) in [6.07, 6.45) is 2.63. The minimum Gasteiger partial charge on any atom is -0.497 e. The number of nitrogens with one attached hydrogen (secondary N) is 2. The average Bonchev–Trinajstić information content (AvgIpc) is 3.20. The molecular weight excluding hydrogens is 410 g/mol. The van der Waals surface area contributed by atoms with Gasteiger partial charge < -0.3 is 15.5 Å². The zero-order valence-corrected chi connectivity index (χ0v) is 18.8. The summed E-state index contributed by atoms with van der Waals surface area (Å²) in [5.41, 5.74) is 6.46. The summed E-state index contributed by atoms with van der Waals surface area (Å²) in [6, 6.07) is 15.5. The first-order chi connectivity index (χ1) is 15.1. The number of para-hydroxylation sites is 1. The third-order valence-corrected chi connectivity index (χ3v) is 6.58. The van der Waals surface area contributed by atoms with Crippen LogP contribution in [0.15, 0.2) is 53.7 Å². The van der Waals surface area contributed by atoms with E-state index in [-0.39, 0.29) is 11.9 Å². The van der Waals surface area contributed by atoms with Crippen molar-refractivity contribution in [3.05, 3.63) is 65.5 Å². The van der Waals surface area contributed by atoms with Crippen LogP contribution in [-0.4, -0.2) is 33.1 Å². The molecule has 0 aliphatic carbocycles. The lowest BCUT2D eigenvalue weighted by Gasteiger charge is -2.33. The lowest BCUT2D eigenvalue weighted by Crippen LogP contribution is -2.41. The Balaban J connectivity index is 1.67. The van der Waals surface area contributed by atoms with Gasteiger partial charge in [0.2, 0.25) is 11.1 Å². The number of hydrogen-bond donors (Lipinski definition) is 2. The fourth-order valence-electron chi connectivity index (χ4n) is 3.70. The van der Waals surface area contributed by atoms with Crippen LogP contribution in [0.3, 0.4) is 0 Å². The summed E-state index contributed by atoms with van der Waals surface area (Å²) in [5, 5.41) is 12.1. The minimum atomic E-state index is -0.413. The number of amides is 1. The Morgan fingerprint density at radius 2 is 1.94 bits per heavy atom. The van der Waals surface area contributed by atoms with E-state index in [1.54, 1.807) is 7.11 Å². The Labute approximate surface area is 186 Å². The number of aryl methyl sites for hydroxylation is 2. The van der Waals surface area contributed by atoms with E-state index in [4.69, 9.17) is 4.74 Å². The number of rotatable bonds is 7. The van der Waals surface area contributed by atoms with Crippen LogP contribution < -0.4 is 15.5 Å². The molecule has 0 fully saturated rings. The van der Waals surface area contributed by atoms with Crippen molar-refractivity contribution in [3.63, 3.8) is 0 Å². The monoisotopic (exact) mass is 437 g/mol. The Bertz CT molecular complexity index is 1050. The number of benzene rings is 2. The summed E-state index contributed by atoms with van der Waals surface area (Å²) in [7, 11) is 1.64. The highest BCUT2D eigenvalue weighted by atomic mass is 32.2. The highest BCUT2D eigenvalue weighted by molar-refractivity contribution is 8.00. The molecule has 7 nitrogen and oxygen atoms in total. The van der Waals surface area contributed by atoms with Crippen molar-refractivity contribution in [1.82, 2.24) is 14.9 Å². The highest BCUT2D eigenvalue weighted by Gasteiger charge is 2.38. The molecule has 4 rings (SSSR count). The quantitative estimate of drug-likeness (QED) is 0.577. The van der Waals surface area contributed by atoms with Crippen molar-refractivity contribution >= 4 is 23.4 Å². The van der Waals surface area contributed by atoms with E-state index in [9.17, 15) is 4.79 Å². The van der Waals surface area contributed by atoms with E-state index in [2.05, 4.69) is 34.8 Å². The Morgan fingerprint density at radius 1 is 1.16 bits per heavy atom. The summed E-state index contributed by atoms with van der Waals surface area (Å²) < 4.78 is 7.22. The van der Waals surface area contributed by atoms with Crippen LogP contribution in [0.2, 0.25) is 0 Å². The molecule has 0 bridgehead atoms. The molecule has 1 aliphatic rings. The summed E-state index contributed by atoms with van der Waals surface area (Å²) in [6.45, 7) is 4.19. The van der Waals surface area contributed by atoms with Gasteiger partial charge in [-0.3, -0.25) is 4.79 Å². The molecule has 2 aromatic carbocycles. The van der Waals surface area contributed by atoms with E-state index in [0.29, 0.717) is 5.16 Å². The molecule has 2 heterocycles. The fraction of sp³-hybridized carbons (Fsp3) is 0.348. The van der Waals surface area contributed by atoms with Crippen LogP contribution >= 0.6 is 11.8 Å². The normalized spacial score (nSPS) is 17.5. The van der Waals surface area contributed by atoms with Crippen molar-refractivity contribution in [2.24, 2.45) is 0 Å². The van der Waals surface area contributed by atoms with Gasteiger partial charge in [0.25, 0.3) is 0 Å². The maximum atomic E-state index is 13.4. The molecule has 0 unspecified atom stereocenters. The van der Waals surface area contributed by atoms with Crippen LogP contribution in [0.25, 0.3) is 0 Å². The van der Waals surface area contributed by atoms with Crippen molar-refractivity contribution in [2.75, 3.05) is 17.9 Å². The topological polar surface area (TPSA) is 81.1 Å². The number of ether oxygens (including phenoxy) is 1. The zero-order chi connectivity index (χ0) is 21.8. The van der Waals surface area contributed by atoms with E-state index < -0.39 is 5.25 Å². The van der Waals surface area contributed by atoms with Crippen LogP contribution in [0.1, 0.15) is 43.3 Å². The van der Waals surface area contributed by atoms with Crippen LogP contribution in [0.4, 0.5) is 5.69 Å². The van der Waals surface area contributed by atoms with Gasteiger partial charge in [0.15, 0.2) is 5.82 Å². The molecular formula is C23H27N5O2S. The SMILES string of the molecule is CCCc1nnc2n1N[C@@H](c1ccc(OC)cc1)[C@@H](C(=O)Nc1ccccc1CC)S2. The molecule has 31 heavy (non-hydrogen) atoms. The number of thioether (sulfide) groups is 1. The Morgan fingerprint density at radius 3 is 2.65 bits per heavy atom. The molecule has 1 aliphatic heterocycles. The number of aromatic nitrogens is 3. The molecule has 8 heteroatoms. The van der Waals surface area contributed by atoms with Gasteiger partial charge >= 0.3 is 0 Å². The van der Waals surface area contributed by atoms with Crippen LogP contribution in [0.5, 0.6) is 5.75 Å². The second-order valence-electron chi connectivity index (χ2n) is 7.40. The van der Waals surface area contributed by atoms with Crippen molar-refractivity contribution in [3.8, 4) is 5.75 Å². The number of anilines is 1. The van der Waals surface area contributed by atoms with E-state index in [0.717, 1.165) is 47.7 Å². The summed E-state index contributed by atoms with van der Waals surface area (Å²) in [5.74, 6) is 1.59. The van der Waals surface area contributed by atoms with Gasteiger partial charge in [-0.2, -0.15) is 0 Å². The molecule has 0 saturated heterocycles. The molecule has 2 atom stereocenters. The Hall–Kier alpha value is -3.00. The second-order valence-corrected chi connectivity index (χ2v) is 8.51. The molecule has 3 aromatic rings. The van der Waals surface area contributed by atoms with Crippen molar-refractivity contribution < 1.29 is 9.53 Å². The third kappa shape index (κ3) is 4.39. The first-order valence-electron chi connectivity index (χ1n) is 10.5. The number of carbonyl (C=O) groups is 1. The first kappa shape index (κ1) is 21.2. The zero-order valence-electron chi connectivity index (χ0n) is 18.0. The van der Waals surface area contributed by atoms with Gasteiger partial charge in [0.05, 0.1) is 13.2 Å². The Kier molecular flexibility index (Phi) is 6.46. The molecule has 162 valence electrons. The lowest BCUT2D eigenvalue weighted by molar-refractivity contribution is -0.116. The van der Waals surface area contributed by atoms with Gasteiger partial charge in [0.1, 0.15) is 11.0 Å². The minimum absolute atomic E-state index is 0.0643. The first-order valence-corrected chi connectivity index (χ1v) is 11.4. The molecule has 2 N–H and O–H groups in total. The molecule has 0 saturated carbocycles. The van der Waals surface area contributed by atoms with Crippen molar-refractivity contribution in [2.45, 2.75) is 49.6 Å². The van der Waals surface area contributed by atoms with Gasteiger partial charge in [-0.15, -0.1) is 10.2 Å². The fourth-order valence-corrected chi connectivity index (χ4v) is 4.80. The predicted molar refractivity (Wildman–Crippen MR) is 123 cm³/mol.